The van der Waals surface area contributed by atoms with Crippen molar-refractivity contribution in [3.63, 3.8) is 0 Å². The molecule has 0 radical (unpaired) electrons. The molecule has 0 aromatic heterocycles. The van der Waals surface area contributed by atoms with Gasteiger partial charge in [-0.05, 0) is 46.4 Å². The summed E-state index contributed by atoms with van der Waals surface area (Å²) < 4.78 is 0. The average molecular weight is 510 g/mol. The number of carboxylic acids is 2. The van der Waals surface area contributed by atoms with Crippen molar-refractivity contribution >= 4 is 28.6 Å². The Morgan fingerprint density at radius 1 is 0.737 bits per heavy atom. The third kappa shape index (κ3) is 6.85. The van der Waals surface area contributed by atoms with Crippen molar-refractivity contribution in [1.82, 2.24) is 5.32 Å². The van der Waals surface area contributed by atoms with Crippen molar-refractivity contribution in [2.75, 3.05) is 0 Å². The van der Waals surface area contributed by atoms with Gasteiger partial charge in [-0.15, -0.1) is 0 Å². The van der Waals surface area contributed by atoms with E-state index in [-0.39, 0.29) is 18.4 Å². The number of rotatable bonds is 11. The predicted molar refractivity (Wildman–Crippen MR) is 148 cm³/mol. The fraction of sp³-hybridized carbons (Fsp3) is 0.219. The van der Waals surface area contributed by atoms with Gasteiger partial charge in [0.25, 0.3) is 0 Å². The Balaban J connectivity index is 1.58. The molecule has 194 valence electrons. The molecule has 3 N–H and O–H groups in total. The Morgan fingerprint density at radius 2 is 1.37 bits per heavy atom. The molecule has 0 saturated carbocycles. The van der Waals surface area contributed by atoms with Crippen molar-refractivity contribution in [2.24, 2.45) is 5.92 Å². The van der Waals surface area contributed by atoms with Crippen LogP contribution in [0.4, 0.5) is 0 Å². The van der Waals surface area contributed by atoms with E-state index in [4.69, 9.17) is 5.11 Å². The van der Waals surface area contributed by atoms with Crippen LogP contribution in [0.2, 0.25) is 0 Å². The molecule has 6 heteroatoms. The molecule has 0 heterocycles. The molecule has 1 amide bonds. The summed E-state index contributed by atoms with van der Waals surface area (Å²) >= 11 is 0. The second kappa shape index (κ2) is 12.2. The molecule has 3 unspecified atom stereocenters. The number of carboxylic acid groups (broad SMARTS) is 2. The van der Waals surface area contributed by atoms with Crippen LogP contribution in [-0.4, -0.2) is 34.1 Å². The minimum Gasteiger partial charge on any atom is -0.481 e. The maximum atomic E-state index is 12.8. The van der Waals surface area contributed by atoms with Crippen LogP contribution in [0.25, 0.3) is 21.9 Å². The minimum absolute atomic E-state index is 0.0901. The van der Waals surface area contributed by atoms with E-state index in [2.05, 4.69) is 72.0 Å². The van der Waals surface area contributed by atoms with E-state index in [0.717, 1.165) is 33.0 Å². The van der Waals surface area contributed by atoms with Crippen molar-refractivity contribution < 1.29 is 24.6 Å². The Bertz CT molecular complexity index is 1420. The standard InChI is InChI=1S/C32H31NO5/c1-21(33-30(34)19-28(32(37)38)20-31(35)36)29(18-22-11-12-24-9-5-6-10-27(24)17-22)26-15-13-25(14-16-26)23-7-3-2-4-8-23/h2-17,21,28-29H,18-20H2,1H3,(H,33,34)(H,35,36)(H,37,38). The highest BCUT2D eigenvalue weighted by molar-refractivity contribution is 5.85. The Hall–Kier alpha value is -4.45. The van der Waals surface area contributed by atoms with Crippen LogP contribution in [0.3, 0.4) is 0 Å². The molecule has 0 aliphatic rings. The van der Waals surface area contributed by atoms with Crippen molar-refractivity contribution in [3.05, 3.63) is 108 Å². The zero-order valence-electron chi connectivity index (χ0n) is 21.2. The number of nitrogens with one attached hydrogen (secondary N) is 1. The largest absolute Gasteiger partial charge is 0.481 e. The highest BCUT2D eigenvalue weighted by atomic mass is 16.4. The van der Waals surface area contributed by atoms with Crippen LogP contribution in [0.15, 0.2) is 97.1 Å². The summed E-state index contributed by atoms with van der Waals surface area (Å²) in [5.41, 5.74) is 4.38. The van der Waals surface area contributed by atoms with Gasteiger partial charge in [-0.1, -0.05) is 97.1 Å². The lowest BCUT2D eigenvalue weighted by Gasteiger charge is -2.27. The van der Waals surface area contributed by atoms with Crippen LogP contribution in [0.1, 0.15) is 36.8 Å². The van der Waals surface area contributed by atoms with Crippen molar-refractivity contribution in [1.29, 1.82) is 0 Å². The summed E-state index contributed by atoms with van der Waals surface area (Å²) in [6.45, 7) is 1.90. The van der Waals surface area contributed by atoms with E-state index in [0.29, 0.717) is 6.42 Å². The first-order valence-corrected chi connectivity index (χ1v) is 12.7. The van der Waals surface area contributed by atoms with Crippen molar-refractivity contribution in [3.8, 4) is 11.1 Å². The van der Waals surface area contributed by atoms with Gasteiger partial charge in [-0.2, -0.15) is 0 Å². The number of hydrogen-bond donors (Lipinski definition) is 3. The lowest BCUT2D eigenvalue weighted by atomic mass is 9.85. The first-order chi connectivity index (χ1) is 18.3. The van der Waals surface area contributed by atoms with E-state index in [1.54, 1.807) is 0 Å². The molecule has 3 atom stereocenters. The van der Waals surface area contributed by atoms with Gasteiger partial charge in [-0.3, -0.25) is 14.4 Å². The third-order valence-corrected chi connectivity index (χ3v) is 6.91. The predicted octanol–water partition coefficient (Wildman–Crippen LogP) is 5.90. The highest BCUT2D eigenvalue weighted by Crippen LogP contribution is 2.29. The van der Waals surface area contributed by atoms with Gasteiger partial charge in [0, 0.05) is 18.4 Å². The van der Waals surface area contributed by atoms with Gasteiger partial charge in [0.15, 0.2) is 0 Å². The molecular formula is C32H31NO5. The lowest BCUT2D eigenvalue weighted by Crippen LogP contribution is -2.39. The fourth-order valence-electron chi connectivity index (χ4n) is 4.85. The van der Waals surface area contributed by atoms with E-state index in [9.17, 15) is 19.5 Å². The van der Waals surface area contributed by atoms with Gasteiger partial charge in [0.05, 0.1) is 12.3 Å². The average Bonchev–Trinajstić information content (AvgIpc) is 2.91. The van der Waals surface area contributed by atoms with Crippen LogP contribution in [0, 0.1) is 5.92 Å². The number of fused-ring (bicyclic) bond motifs is 1. The molecule has 4 rings (SSSR count). The number of hydrogen-bond acceptors (Lipinski definition) is 3. The monoisotopic (exact) mass is 509 g/mol. The summed E-state index contributed by atoms with van der Waals surface area (Å²) in [5, 5.41) is 23.6. The smallest absolute Gasteiger partial charge is 0.307 e. The molecule has 6 nitrogen and oxygen atoms in total. The van der Waals surface area contributed by atoms with Gasteiger partial charge < -0.3 is 15.5 Å². The zero-order valence-corrected chi connectivity index (χ0v) is 21.2. The van der Waals surface area contributed by atoms with E-state index in [1.165, 1.54) is 0 Å². The third-order valence-electron chi connectivity index (χ3n) is 6.91. The zero-order chi connectivity index (χ0) is 27.1. The van der Waals surface area contributed by atoms with Gasteiger partial charge in [0.2, 0.25) is 5.91 Å². The molecule has 4 aromatic rings. The molecular weight excluding hydrogens is 478 g/mol. The van der Waals surface area contributed by atoms with Gasteiger partial charge in [0.1, 0.15) is 0 Å². The molecule has 0 aliphatic carbocycles. The van der Waals surface area contributed by atoms with Crippen molar-refractivity contribution in [2.45, 2.75) is 38.1 Å². The van der Waals surface area contributed by atoms with E-state index < -0.39 is 30.2 Å². The van der Waals surface area contributed by atoms with Crippen LogP contribution in [0.5, 0.6) is 0 Å². The highest BCUT2D eigenvalue weighted by Gasteiger charge is 2.27. The van der Waals surface area contributed by atoms with Crippen LogP contribution >= 0.6 is 0 Å². The second-order valence-electron chi connectivity index (χ2n) is 9.67. The molecule has 0 bridgehead atoms. The van der Waals surface area contributed by atoms with E-state index >= 15 is 0 Å². The SMILES string of the molecule is CC(NC(=O)CC(CC(=O)O)C(=O)O)C(Cc1ccc2ccccc2c1)c1ccc(-c2ccccc2)cc1. The van der Waals surface area contributed by atoms with Gasteiger partial charge >= 0.3 is 11.9 Å². The van der Waals surface area contributed by atoms with E-state index in [1.807, 2.05) is 37.3 Å². The molecule has 38 heavy (non-hydrogen) atoms. The number of benzene rings is 4. The number of carbonyl (C=O) groups excluding carboxylic acids is 1. The maximum absolute atomic E-state index is 12.8. The number of amides is 1. The summed E-state index contributed by atoms with van der Waals surface area (Å²) in [5.74, 6) is -4.38. The molecule has 0 saturated heterocycles. The Kier molecular flexibility index (Phi) is 8.54. The summed E-state index contributed by atoms with van der Waals surface area (Å²) in [4.78, 5) is 35.3. The summed E-state index contributed by atoms with van der Waals surface area (Å²) in [6, 6.07) is 32.5. The topological polar surface area (TPSA) is 104 Å². The number of aliphatic carboxylic acids is 2. The van der Waals surface area contributed by atoms with Gasteiger partial charge in [-0.25, -0.2) is 0 Å². The Morgan fingerprint density at radius 3 is 2.03 bits per heavy atom. The quantitative estimate of drug-likeness (QED) is 0.233. The maximum Gasteiger partial charge on any atom is 0.307 e. The minimum atomic E-state index is -1.29. The Labute approximate surface area is 221 Å². The van der Waals surface area contributed by atoms with Crippen LogP contribution in [-0.2, 0) is 20.8 Å². The number of carbonyl (C=O) groups is 3. The summed E-state index contributed by atoms with van der Waals surface area (Å²) in [6.07, 6.45) is -0.325. The fourth-order valence-corrected chi connectivity index (χ4v) is 4.85. The molecule has 0 fully saturated rings. The molecule has 4 aromatic carbocycles. The first kappa shape index (κ1) is 26.6. The lowest BCUT2D eigenvalue weighted by molar-refractivity contribution is -0.149. The second-order valence-corrected chi connectivity index (χ2v) is 9.67. The normalized spacial score (nSPS) is 13.4. The van der Waals surface area contributed by atoms with Crippen LogP contribution < -0.4 is 5.32 Å². The molecule has 0 spiro atoms. The molecule has 0 aliphatic heterocycles. The first-order valence-electron chi connectivity index (χ1n) is 12.7. The summed E-state index contributed by atoms with van der Waals surface area (Å²) in [7, 11) is 0.